The van der Waals surface area contributed by atoms with Crippen molar-refractivity contribution < 1.29 is 19.4 Å². The van der Waals surface area contributed by atoms with Gasteiger partial charge in [-0.25, -0.2) is 0 Å². The molecule has 0 aliphatic heterocycles. The Bertz CT molecular complexity index is 167. The molecule has 0 heterocycles. The van der Waals surface area contributed by atoms with Crippen molar-refractivity contribution in [3.63, 3.8) is 0 Å². The summed E-state index contributed by atoms with van der Waals surface area (Å²) < 4.78 is 10.3. The Balaban J connectivity index is 3.36. The lowest BCUT2D eigenvalue weighted by molar-refractivity contribution is -0.0435. The first kappa shape index (κ1) is 16.8. The van der Waals surface area contributed by atoms with Crippen molar-refractivity contribution in [1.82, 2.24) is 5.48 Å². The van der Waals surface area contributed by atoms with Gasteiger partial charge in [0.15, 0.2) is 0 Å². The Hall–Kier alpha value is -0.200. The minimum atomic E-state index is -0.549. The van der Waals surface area contributed by atoms with Gasteiger partial charge in [-0.1, -0.05) is 13.8 Å². The van der Waals surface area contributed by atoms with E-state index in [1.165, 1.54) is 0 Å². The quantitative estimate of drug-likeness (QED) is 0.422. The minimum absolute atomic E-state index is 0.180. The molecule has 2 unspecified atom stereocenters. The standard InChI is InChI=1S/C12H27NO4/c1-10(2)7-11(3)16-9-12(14)8-13-17-6-5-15-4/h10-14H,5-9H2,1-4H3. The first-order valence-electron chi connectivity index (χ1n) is 6.19. The summed E-state index contributed by atoms with van der Waals surface area (Å²) in [5, 5.41) is 9.59. The van der Waals surface area contributed by atoms with E-state index in [9.17, 15) is 5.11 Å². The third kappa shape index (κ3) is 12.1. The highest BCUT2D eigenvalue weighted by molar-refractivity contribution is 4.58. The first-order valence-corrected chi connectivity index (χ1v) is 6.19. The second-order valence-electron chi connectivity index (χ2n) is 4.62. The molecule has 0 aromatic carbocycles. The number of hydrogen-bond donors (Lipinski definition) is 2. The van der Waals surface area contributed by atoms with Crippen LogP contribution < -0.4 is 5.48 Å². The van der Waals surface area contributed by atoms with Crippen molar-refractivity contribution in [2.75, 3.05) is 33.5 Å². The third-order valence-corrected chi connectivity index (χ3v) is 2.19. The van der Waals surface area contributed by atoms with Crippen LogP contribution >= 0.6 is 0 Å². The average Bonchev–Trinajstić information content (AvgIpc) is 2.25. The summed E-state index contributed by atoms with van der Waals surface area (Å²) >= 11 is 0. The summed E-state index contributed by atoms with van der Waals surface area (Å²) in [6.45, 7) is 8.02. The Kier molecular flexibility index (Phi) is 10.8. The van der Waals surface area contributed by atoms with E-state index in [0.717, 1.165) is 6.42 Å². The lowest BCUT2D eigenvalue weighted by atomic mass is 10.1. The lowest BCUT2D eigenvalue weighted by Crippen LogP contribution is -2.32. The first-order chi connectivity index (χ1) is 8.06. The second kappa shape index (κ2) is 10.9. The highest BCUT2D eigenvalue weighted by atomic mass is 16.7. The van der Waals surface area contributed by atoms with Crippen LogP contribution in [0.5, 0.6) is 0 Å². The Morgan fingerprint density at radius 1 is 1.18 bits per heavy atom. The lowest BCUT2D eigenvalue weighted by Gasteiger charge is -2.18. The molecule has 0 fully saturated rings. The van der Waals surface area contributed by atoms with E-state index in [2.05, 4.69) is 19.3 Å². The highest BCUT2D eigenvalue weighted by Gasteiger charge is 2.09. The number of nitrogens with one attached hydrogen (secondary N) is 1. The minimum Gasteiger partial charge on any atom is -0.389 e. The average molecular weight is 249 g/mol. The van der Waals surface area contributed by atoms with E-state index in [1.54, 1.807) is 7.11 Å². The van der Waals surface area contributed by atoms with Gasteiger partial charge in [0, 0.05) is 13.7 Å². The van der Waals surface area contributed by atoms with Gasteiger partial charge >= 0.3 is 0 Å². The molecule has 0 saturated heterocycles. The van der Waals surface area contributed by atoms with Crippen LogP contribution in [0.2, 0.25) is 0 Å². The van der Waals surface area contributed by atoms with Gasteiger partial charge in [-0.15, -0.1) is 0 Å². The van der Waals surface area contributed by atoms with Crippen molar-refractivity contribution >= 4 is 0 Å². The topological polar surface area (TPSA) is 60.0 Å². The van der Waals surface area contributed by atoms with Crippen molar-refractivity contribution in [3.8, 4) is 0 Å². The summed E-state index contributed by atoms with van der Waals surface area (Å²) in [5.74, 6) is 0.609. The summed E-state index contributed by atoms with van der Waals surface area (Å²) in [6, 6.07) is 0. The van der Waals surface area contributed by atoms with E-state index >= 15 is 0 Å². The smallest absolute Gasteiger partial charge is 0.0921 e. The maximum absolute atomic E-state index is 9.59. The van der Waals surface area contributed by atoms with Crippen LogP contribution in [-0.4, -0.2) is 50.8 Å². The van der Waals surface area contributed by atoms with E-state index in [-0.39, 0.29) is 6.10 Å². The molecule has 0 bridgehead atoms. The predicted molar refractivity (Wildman–Crippen MR) is 66.7 cm³/mol. The van der Waals surface area contributed by atoms with Crippen LogP contribution in [0.1, 0.15) is 27.2 Å². The van der Waals surface area contributed by atoms with E-state index in [4.69, 9.17) is 14.3 Å². The molecule has 17 heavy (non-hydrogen) atoms. The SMILES string of the molecule is COCCONCC(O)COC(C)CC(C)C. The van der Waals surface area contributed by atoms with Crippen LogP contribution in [0, 0.1) is 5.92 Å². The zero-order chi connectivity index (χ0) is 13.1. The number of rotatable bonds is 11. The number of aliphatic hydroxyl groups is 1. The number of hydroxylamine groups is 1. The molecule has 2 N–H and O–H groups in total. The largest absolute Gasteiger partial charge is 0.389 e. The molecule has 0 aliphatic rings. The molecule has 0 aromatic heterocycles. The zero-order valence-electron chi connectivity index (χ0n) is 11.4. The summed E-state index contributed by atoms with van der Waals surface area (Å²) in [5.41, 5.74) is 2.67. The summed E-state index contributed by atoms with van der Waals surface area (Å²) in [4.78, 5) is 5.03. The van der Waals surface area contributed by atoms with Crippen molar-refractivity contribution in [3.05, 3.63) is 0 Å². The molecular formula is C12H27NO4. The van der Waals surface area contributed by atoms with Crippen LogP contribution in [-0.2, 0) is 14.3 Å². The van der Waals surface area contributed by atoms with E-state index in [1.807, 2.05) is 6.92 Å². The van der Waals surface area contributed by atoms with Crippen LogP contribution in [0.25, 0.3) is 0 Å². The summed E-state index contributed by atoms with van der Waals surface area (Å²) in [6.07, 6.45) is 0.635. The monoisotopic (exact) mass is 249 g/mol. The highest BCUT2D eigenvalue weighted by Crippen LogP contribution is 2.07. The molecule has 2 atom stereocenters. The van der Waals surface area contributed by atoms with Crippen LogP contribution in [0.15, 0.2) is 0 Å². The van der Waals surface area contributed by atoms with Gasteiger partial charge in [0.25, 0.3) is 0 Å². The van der Waals surface area contributed by atoms with E-state index in [0.29, 0.717) is 32.3 Å². The molecule has 5 heteroatoms. The molecule has 5 nitrogen and oxygen atoms in total. The number of hydrogen-bond acceptors (Lipinski definition) is 5. The Morgan fingerprint density at radius 2 is 1.88 bits per heavy atom. The van der Waals surface area contributed by atoms with Gasteiger partial charge in [0.1, 0.15) is 0 Å². The summed E-state index contributed by atoms with van der Waals surface area (Å²) in [7, 11) is 1.61. The van der Waals surface area contributed by atoms with Crippen molar-refractivity contribution in [2.24, 2.45) is 5.92 Å². The molecule has 0 aromatic rings. The van der Waals surface area contributed by atoms with Gasteiger partial charge in [-0.3, -0.25) is 4.84 Å². The van der Waals surface area contributed by atoms with Gasteiger partial charge < -0.3 is 14.6 Å². The maximum atomic E-state index is 9.59. The van der Waals surface area contributed by atoms with Crippen molar-refractivity contribution in [1.29, 1.82) is 0 Å². The number of methoxy groups -OCH3 is 1. The fourth-order valence-corrected chi connectivity index (χ4v) is 1.42. The van der Waals surface area contributed by atoms with E-state index < -0.39 is 6.10 Å². The second-order valence-corrected chi connectivity index (χ2v) is 4.62. The zero-order valence-corrected chi connectivity index (χ0v) is 11.4. The molecule has 0 spiro atoms. The number of aliphatic hydroxyl groups excluding tert-OH is 1. The molecule has 0 saturated carbocycles. The fourth-order valence-electron chi connectivity index (χ4n) is 1.42. The van der Waals surface area contributed by atoms with Crippen LogP contribution in [0.4, 0.5) is 0 Å². The fraction of sp³-hybridized carbons (Fsp3) is 1.00. The number of ether oxygens (including phenoxy) is 2. The van der Waals surface area contributed by atoms with Gasteiger partial charge in [-0.2, -0.15) is 5.48 Å². The molecule has 0 rings (SSSR count). The Labute approximate surface area is 104 Å². The Morgan fingerprint density at radius 3 is 2.47 bits per heavy atom. The van der Waals surface area contributed by atoms with Crippen molar-refractivity contribution in [2.45, 2.75) is 39.4 Å². The molecule has 0 amide bonds. The van der Waals surface area contributed by atoms with Gasteiger partial charge in [-0.05, 0) is 19.3 Å². The third-order valence-electron chi connectivity index (χ3n) is 2.19. The molecule has 104 valence electrons. The van der Waals surface area contributed by atoms with Crippen LogP contribution in [0.3, 0.4) is 0 Å². The molecular weight excluding hydrogens is 222 g/mol. The maximum Gasteiger partial charge on any atom is 0.0921 e. The normalized spacial score (nSPS) is 15.2. The van der Waals surface area contributed by atoms with Gasteiger partial charge in [0.2, 0.25) is 0 Å². The molecule has 0 aliphatic carbocycles. The predicted octanol–water partition coefficient (Wildman–Crippen LogP) is 0.966. The molecule has 0 radical (unpaired) electrons. The van der Waals surface area contributed by atoms with Gasteiger partial charge in [0.05, 0.1) is 32.0 Å².